The summed E-state index contributed by atoms with van der Waals surface area (Å²) in [6, 6.07) is 20.0. The molecule has 0 spiro atoms. The van der Waals surface area contributed by atoms with Gasteiger partial charge in [0.1, 0.15) is 0 Å². The van der Waals surface area contributed by atoms with Crippen molar-refractivity contribution in [3.63, 3.8) is 0 Å². The van der Waals surface area contributed by atoms with Gasteiger partial charge in [0.15, 0.2) is 5.78 Å². The van der Waals surface area contributed by atoms with E-state index in [0.717, 1.165) is 37.9 Å². The van der Waals surface area contributed by atoms with Crippen LogP contribution in [0.25, 0.3) is 0 Å². The summed E-state index contributed by atoms with van der Waals surface area (Å²) in [5.74, 6) is 0.888. The van der Waals surface area contributed by atoms with Crippen molar-refractivity contribution in [1.82, 2.24) is 10.2 Å². The molecule has 2 fully saturated rings. The number of Topliss-reactive ketones (excluding diaryl/α,β-unsaturated/α-hetero) is 1. The Kier molecular flexibility index (Phi) is 5.87. The molecule has 1 unspecified atom stereocenters. The predicted molar refractivity (Wildman–Crippen MR) is 110 cm³/mol. The number of carbonyl (C=O) groups excluding carboxylic acids is 2. The van der Waals surface area contributed by atoms with E-state index in [1.54, 1.807) is 0 Å². The minimum Gasteiger partial charge on any atom is -0.341 e. The Labute approximate surface area is 166 Å². The number of nitrogens with zero attached hydrogens (tertiary/aromatic N) is 1. The number of rotatable bonds is 5. The topological polar surface area (TPSA) is 49.4 Å². The third-order valence-corrected chi connectivity index (χ3v) is 6.07. The van der Waals surface area contributed by atoms with Gasteiger partial charge in [0.25, 0.3) is 0 Å². The first-order valence-corrected chi connectivity index (χ1v) is 10.3. The van der Waals surface area contributed by atoms with Crippen LogP contribution in [0.4, 0.5) is 0 Å². The van der Waals surface area contributed by atoms with Gasteiger partial charge in [-0.15, -0.1) is 0 Å². The Bertz CT molecular complexity index is 798. The van der Waals surface area contributed by atoms with Crippen LogP contribution in [0.3, 0.4) is 0 Å². The van der Waals surface area contributed by atoms with E-state index in [9.17, 15) is 9.59 Å². The lowest BCUT2D eigenvalue weighted by Gasteiger charge is -2.33. The first-order chi connectivity index (χ1) is 13.7. The van der Waals surface area contributed by atoms with Crippen molar-refractivity contribution >= 4 is 11.7 Å². The summed E-state index contributed by atoms with van der Waals surface area (Å²) in [6.07, 6.45) is 4.13. The van der Waals surface area contributed by atoms with Crippen LogP contribution in [0.5, 0.6) is 0 Å². The van der Waals surface area contributed by atoms with E-state index in [2.05, 4.69) is 29.6 Å². The molecule has 4 nitrogen and oxygen atoms in total. The molecule has 0 bridgehead atoms. The molecule has 2 aliphatic rings. The number of likely N-dealkylation sites (tertiary alicyclic amines) is 1. The molecule has 0 saturated carbocycles. The average Bonchev–Trinajstić information content (AvgIpc) is 3.10. The van der Waals surface area contributed by atoms with Gasteiger partial charge < -0.3 is 4.90 Å². The van der Waals surface area contributed by atoms with Gasteiger partial charge in [0.05, 0.1) is 12.1 Å². The van der Waals surface area contributed by atoms with Gasteiger partial charge in [-0.05, 0) is 42.7 Å². The number of amides is 1. The third-order valence-electron chi connectivity index (χ3n) is 6.07. The fraction of sp³-hybridized carbons (Fsp3) is 0.417. The second kappa shape index (κ2) is 8.70. The summed E-state index contributed by atoms with van der Waals surface area (Å²) in [6.45, 7) is 1.60. The molecule has 2 aromatic carbocycles. The molecule has 1 amide bonds. The normalized spacial score (nSPS) is 23.1. The monoisotopic (exact) mass is 376 g/mol. The maximum absolute atomic E-state index is 12.9. The number of nitrogens with one attached hydrogen (secondary N) is 1. The highest BCUT2D eigenvalue weighted by atomic mass is 16.2. The van der Waals surface area contributed by atoms with Crippen molar-refractivity contribution in [1.29, 1.82) is 0 Å². The Morgan fingerprint density at radius 3 is 2.07 bits per heavy atom. The zero-order valence-electron chi connectivity index (χ0n) is 16.2. The number of ketones is 1. The lowest BCUT2D eigenvalue weighted by molar-refractivity contribution is -0.135. The summed E-state index contributed by atoms with van der Waals surface area (Å²) >= 11 is 0. The van der Waals surface area contributed by atoms with Crippen LogP contribution in [-0.2, 0) is 22.4 Å². The molecule has 2 aromatic rings. The van der Waals surface area contributed by atoms with Gasteiger partial charge in [-0.3, -0.25) is 14.9 Å². The van der Waals surface area contributed by atoms with Gasteiger partial charge in [-0.1, -0.05) is 60.7 Å². The first kappa shape index (κ1) is 18.9. The van der Waals surface area contributed by atoms with Crippen LogP contribution in [0.2, 0.25) is 0 Å². The predicted octanol–water partition coefficient (Wildman–Crippen LogP) is 3.01. The molecule has 2 atom stereocenters. The van der Waals surface area contributed by atoms with Crippen LogP contribution in [0.15, 0.2) is 60.7 Å². The zero-order valence-corrected chi connectivity index (χ0v) is 16.2. The number of hydrogen-bond acceptors (Lipinski definition) is 3. The molecule has 2 heterocycles. The van der Waals surface area contributed by atoms with E-state index in [0.29, 0.717) is 18.8 Å². The molecular weight excluding hydrogens is 348 g/mol. The van der Waals surface area contributed by atoms with Crippen molar-refractivity contribution in [2.75, 3.05) is 13.1 Å². The van der Waals surface area contributed by atoms with Crippen LogP contribution in [-0.4, -0.2) is 41.8 Å². The Morgan fingerprint density at radius 2 is 1.46 bits per heavy atom. The lowest BCUT2D eigenvalue weighted by atomic mass is 9.90. The SMILES string of the molecule is O=C1CC(C(=O)N2CCC(Cc3ccccc3)CC2)N[C@H]1Cc1ccccc1. The lowest BCUT2D eigenvalue weighted by Crippen LogP contribution is -2.48. The smallest absolute Gasteiger partial charge is 0.240 e. The van der Waals surface area contributed by atoms with Crippen LogP contribution in [0.1, 0.15) is 30.4 Å². The van der Waals surface area contributed by atoms with E-state index in [1.807, 2.05) is 41.3 Å². The molecule has 28 heavy (non-hydrogen) atoms. The van der Waals surface area contributed by atoms with Crippen molar-refractivity contribution in [3.05, 3.63) is 71.8 Å². The quantitative estimate of drug-likeness (QED) is 0.873. The number of piperidine rings is 1. The van der Waals surface area contributed by atoms with Crippen molar-refractivity contribution in [2.45, 2.75) is 44.2 Å². The second-order valence-electron chi connectivity index (χ2n) is 8.09. The Morgan fingerprint density at radius 1 is 0.893 bits per heavy atom. The Balaban J connectivity index is 1.28. The largest absolute Gasteiger partial charge is 0.341 e. The van der Waals surface area contributed by atoms with Crippen LogP contribution in [0, 0.1) is 5.92 Å². The minimum absolute atomic E-state index is 0.0991. The molecule has 2 aliphatic heterocycles. The molecule has 0 aromatic heterocycles. The highest BCUT2D eigenvalue weighted by Crippen LogP contribution is 2.23. The number of hydrogen-bond donors (Lipinski definition) is 1. The highest BCUT2D eigenvalue weighted by molar-refractivity contribution is 5.95. The summed E-state index contributed by atoms with van der Waals surface area (Å²) < 4.78 is 0. The van der Waals surface area contributed by atoms with E-state index in [4.69, 9.17) is 0 Å². The van der Waals surface area contributed by atoms with Crippen LogP contribution < -0.4 is 5.32 Å². The van der Waals surface area contributed by atoms with E-state index < -0.39 is 0 Å². The average molecular weight is 377 g/mol. The third kappa shape index (κ3) is 4.50. The van der Waals surface area contributed by atoms with E-state index >= 15 is 0 Å². The van der Waals surface area contributed by atoms with E-state index in [1.165, 1.54) is 5.56 Å². The molecule has 0 aliphatic carbocycles. The number of benzene rings is 2. The molecule has 0 radical (unpaired) electrons. The fourth-order valence-corrected chi connectivity index (χ4v) is 4.44. The molecular formula is C24H28N2O2. The summed E-state index contributed by atoms with van der Waals surface area (Å²) in [4.78, 5) is 27.3. The minimum atomic E-state index is -0.355. The van der Waals surface area contributed by atoms with Gasteiger partial charge >= 0.3 is 0 Å². The highest BCUT2D eigenvalue weighted by Gasteiger charge is 2.38. The zero-order chi connectivity index (χ0) is 19.3. The maximum atomic E-state index is 12.9. The maximum Gasteiger partial charge on any atom is 0.240 e. The Hall–Kier alpha value is -2.46. The molecule has 4 rings (SSSR count). The van der Waals surface area contributed by atoms with Gasteiger partial charge in [-0.2, -0.15) is 0 Å². The van der Waals surface area contributed by atoms with Gasteiger partial charge in [0, 0.05) is 19.5 Å². The van der Waals surface area contributed by atoms with Crippen molar-refractivity contribution < 1.29 is 9.59 Å². The summed E-state index contributed by atoms with van der Waals surface area (Å²) in [5, 5.41) is 3.30. The number of carbonyl (C=O) groups is 2. The standard InChI is InChI=1S/C24H28N2O2/c27-23-17-22(25-21(23)16-19-9-5-2-6-10-19)24(28)26-13-11-20(12-14-26)15-18-7-3-1-4-8-18/h1-10,20-22,25H,11-17H2/t21-,22?/m0/s1. The van der Waals surface area contributed by atoms with Gasteiger partial charge in [0.2, 0.25) is 5.91 Å². The first-order valence-electron chi connectivity index (χ1n) is 10.3. The molecule has 2 saturated heterocycles. The molecule has 1 N–H and O–H groups in total. The molecule has 146 valence electrons. The molecule has 4 heteroatoms. The fourth-order valence-electron chi connectivity index (χ4n) is 4.44. The van der Waals surface area contributed by atoms with Gasteiger partial charge in [-0.25, -0.2) is 0 Å². The summed E-state index contributed by atoms with van der Waals surface area (Å²) in [7, 11) is 0. The summed E-state index contributed by atoms with van der Waals surface area (Å²) in [5.41, 5.74) is 2.50. The van der Waals surface area contributed by atoms with Crippen molar-refractivity contribution in [2.24, 2.45) is 5.92 Å². The van der Waals surface area contributed by atoms with Crippen molar-refractivity contribution in [3.8, 4) is 0 Å². The van der Waals surface area contributed by atoms with Crippen LogP contribution >= 0.6 is 0 Å². The van der Waals surface area contributed by atoms with E-state index in [-0.39, 0.29) is 23.8 Å². The second-order valence-corrected chi connectivity index (χ2v) is 8.09.